The molecule has 0 heterocycles. The molecule has 2 aliphatic rings. The Bertz CT molecular complexity index is 1830. The summed E-state index contributed by atoms with van der Waals surface area (Å²) in [5, 5.41) is 0. The van der Waals surface area contributed by atoms with Gasteiger partial charge in [0.1, 0.15) is 0 Å². The first-order valence-corrected chi connectivity index (χ1v) is 16.3. The summed E-state index contributed by atoms with van der Waals surface area (Å²) in [6, 6.07) is 52.0. The summed E-state index contributed by atoms with van der Waals surface area (Å²) >= 11 is 0. The van der Waals surface area contributed by atoms with Crippen LogP contribution in [0.4, 0.5) is 0 Å². The highest BCUT2D eigenvalue weighted by Gasteiger charge is 2.74. The number of carbonyl (C=O) groups excluding carboxylic acids is 2. The predicted octanol–water partition coefficient (Wildman–Crippen LogP) is 10.6. The van der Waals surface area contributed by atoms with Crippen LogP contribution in [0.5, 0.6) is 0 Å². The molecule has 0 bridgehead atoms. The zero-order valence-corrected chi connectivity index (χ0v) is 27.5. The number of aryl methyl sites for hydroxylation is 4. The second-order valence-electron chi connectivity index (χ2n) is 12.5. The Morgan fingerprint density at radius 1 is 0.383 bits per heavy atom. The maximum Gasteiger partial charge on any atom is 0.167 e. The molecule has 6 aromatic carbocycles. The number of hydrogen-bond donors (Lipinski definition) is 0. The molecule has 0 aromatic heterocycles. The van der Waals surface area contributed by atoms with E-state index in [-0.39, 0.29) is 11.6 Å². The van der Waals surface area contributed by atoms with Crippen LogP contribution < -0.4 is 0 Å². The molecule has 1 spiro atoms. The second-order valence-corrected chi connectivity index (χ2v) is 12.5. The first-order valence-electron chi connectivity index (χ1n) is 16.3. The Kier molecular flexibility index (Phi) is 9.13. The Hall–Kier alpha value is -5.34. The molecule has 8 rings (SSSR count). The van der Waals surface area contributed by atoms with Gasteiger partial charge in [-0.05, 0) is 72.2 Å². The van der Waals surface area contributed by atoms with Crippen LogP contribution in [-0.2, 0) is 5.41 Å². The largest absolute Gasteiger partial charge is 0.294 e. The smallest absolute Gasteiger partial charge is 0.167 e. The Morgan fingerprint density at radius 2 is 0.660 bits per heavy atom. The first kappa shape index (κ1) is 31.6. The number of carbonyl (C=O) groups is 2. The summed E-state index contributed by atoms with van der Waals surface area (Å²) in [7, 11) is 0. The minimum Gasteiger partial charge on any atom is -0.294 e. The maximum atomic E-state index is 13.8. The van der Waals surface area contributed by atoms with Crippen molar-refractivity contribution in [3.05, 3.63) is 202 Å². The predicted molar refractivity (Wildman–Crippen MR) is 193 cm³/mol. The van der Waals surface area contributed by atoms with Crippen molar-refractivity contribution >= 4 is 11.6 Å². The first-order chi connectivity index (χ1) is 22.9. The molecule has 0 N–H and O–H groups in total. The van der Waals surface area contributed by atoms with Gasteiger partial charge in [-0.15, -0.1) is 0 Å². The van der Waals surface area contributed by atoms with E-state index in [9.17, 15) is 9.59 Å². The second kappa shape index (κ2) is 13.6. The fourth-order valence-corrected chi connectivity index (χ4v) is 6.97. The third kappa shape index (κ3) is 6.00. The summed E-state index contributed by atoms with van der Waals surface area (Å²) in [5.74, 6) is -0.734. The summed E-state index contributed by atoms with van der Waals surface area (Å²) < 4.78 is 0. The molecule has 2 nitrogen and oxygen atoms in total. The van der Waals surface area contributed by atoms with Gasteiger partial charge in [-0.3, -0.25) is 9.59 Å². The highest BCUT2D eigenvalue weighted by Crippen LogP contribution is 2.71. The third-order valence-corrected chi connectivity index (χ3v) is 9.77. The van der Waals surface area contributed by atoms with Gasteiger partial charge in [0, 0.05) is 28.4 Å². The molecule has 0 amide bonds. The van der Waals surface area contributed by atoms with E-state index in [0.29, 0.717) is 11.1 Å². The van der Waals surface area contributed by atoms with E-state index in [0.717, 1.165) is 22.3 Å². The number of ketones is 2. The molecule has 1 saturated carbocycles. The molecule has 0 unspecified atom stereocenters. The maximum absolute atomic E-state index is 13.8. The van der Waals surface area contributed by atoms with Crippen LogP contribution in [0, 0.1) is 39.5 Å². The average Bonchev–Trinajstić information content (AvgIpc) is 3.73. The van der Waals surface area contributed by atoms with Crippen molar-refractivity contribution in [1.82, 2.24) is 0 Å². The van der Waals surface area contributed by atoms with Crippen molar-refractivity contribution in [2.75, 3.05) is 0 Å². The summed E-state index contributed by atoms with van der Waals surface area (Å²) in [6.45, 7) is 8.48. The average molecular weight is 613 g/mol. The lowest BCUT2D eigenvalue weighted by Crippen LogP contribution is -2.16. The SMILES string of the molecule is Cc1ccccc1C.Cc1ccccc1C.O=C(c1ccccc1)[C@H]1[C@H](C(=O)c2ccccc2)C12c1ccccc1-c1ccccc12. The molecule has 232 valence electrons. The van der Waals surface area contributed by atoms with Gasteiger partial charge in [-0.25, -0.2) is 0 Å². The molecule has 2 heteroatoms. The normalized spacial score (nSPS) is 16.0. The van der Waals surface area contributed by atoms with Gasteiger partial charge in [-0.2, -0.15) is 0 Å². The number of benzene rings is 6. The van der Waals surface area contributed by atoms with Crippen LogP contribution in [-0.4, -0.2) is 11.6 Å². The lowest BCUT2D eigenvalue weighted by molar-refractivity contribution is 0.0906. The van der Waals surface area contributed by atoms with Gasteiger partial charge in [0.05, 0.1) is 0 Å². The van der Waals surface area contributed by atoms with Crippen LogP contribution >= 0.6 is 0 Å². The van der Waals surface area contributed by atoms with E-state index in [2.05, 4.69) is 100 Å². The highest BCUT2D eigenvalue weighted by molar-refractivity contribution is 6.13. The van der Waals surface area contributed by atoms with Gasteiger partial charge in [-0.1, -0.05) is 158 Å². The fourth-order valence-electron chi connectivity index (χ4n) is 6.97. The van der Waals surface area contributed by atoms with Crippen molar-refractivity contribution in [2.24, 2.45) is 11.8 Å². The fraction of sp³-hybridized carbons (Fsp3) is 0.156. The van der Waals surface area contributed by atoms with Crippen LogP contribution in [0.2, 0.25) is 0 Å². The number of hydrogen-bond acceptors (Lipinski definition) is 2. The molecule has 2 aliphatic carbocycles. The van der Waals surface area contributed by atoms with Crippen molar-refractivity contribution in [2.45, 2.75) is 33.1 Å². The van der Waals surface area contributed by atoms with Crippen molar-refractivity contribution in [1.29, 1.82) is 0 Å². The number of fused-ring (bicyclic) bond motifs is 5. The van der Waals surface area contributed by atoms with Gasteiger partial charge >= 0.3 is 0 Å². The molecule has 0 aliphatic heterocycles. The van der Waals surface area contributed by atoms with E-state index in [1.54, 1.807) is 0 Å². The molecule has 1 fully saturated rings. The van der Waals surface area contributed by atoms with E-state index in [4.69, 9.17) is 0 Å². The van der Waals surface area contributed by atoms with Crippen molar-refractivity contribution < 1.29 is 9.59 Å². The quantitative estimate of drug-likeness (QED) is 0.186. The van der Waals surface area contributed by atoms with Gasteiger partial charge in [0.2, 0.25) is 0 Å². The van der Waals surface area contributed by atoms with Crippen LogP contribution in [0.1, 0.15) is 54.1 Å². The van der Waals surface area contributed by atoms with E-state index < -0.39 is 17.3 Å². The summed E-state index contributed by atoms with van der Waals surface area (Å²) in [6.07, 6.45) is 0. The van der Waals surface area contributed by atoms with E-state index in [1.165, 1.54) is 22.3 Å². The molecule has 47 heavy (non-hydrogen) atoms. The lowest BCUT2D eigenvalue weighted by Gasteiger charge is -2.15. The van der Waals surface area contributed by atoms with E-state index >= 15 is 0 Å². The molecule has 0 saturated heterocycles. The summed E-state index contributed by atoms with van der Waals surface area (Å²) in [4.78, 5) is 27.6. The Morgan fingerprint density at radius 3 is 0.979 bits per heavy atom. The van der Waals surface area contributed by atoms with Crippen LogP contribution in [0.25, 0.3) is 11.1 Å². The molecule has 0 radical (unpaired) electrons. The minimum atomic E-state index is -0.604. The Balaban J connectivity index is 0.000000198. The zero-order valence-electron chi connectivity index (χ0n) is 27.5. The lowest BCUT2D eigenvalue weighted by atomic mass is 9.86. The number of Topliss-reactive ketones (excluding diaryl/α,β-unsaturated/α-hetero) is 2. The molecule has 6 aromatic rings. The zero-order chi connectivity index (χ0) is 33.0. The van der Waals surface area contributed by atoms with E-state index in [1.807, 2.05) is 84.9 Å². The van der Waals surface area contributed by atoms with Gasteiger partial charge in [0.25, 0.3) is 0 Å². The molecular formula is C45H40O2. The monoisotopic (exact) mass is 612 g/mol. The highest BCUT2D eigenvalue weighted by atomic mass is 16.1. The number of rotatable bonds is 4. The standard InChI is InChI=1S/C29H20O2.2C8H10/c30-27(19-11-3-1-4-12-19)25-26(28(31)20-13-5-2-6-14-20)29(25)23-17-9-7-15-21(23)22-16-8-10-18-24(22)29;2*1-7-5-3-4-6-8(7)2/h1-18,25-26H;2*3-6H,1-2H3/t25-,26-;;/m1../s1. The summed E-state index contributed by atoms with van der Waals surface area (Å²) in [5.41, 5.74) is 10.7. The van der Waals surface area contributed by atoms with Crippen LogP contribution in [0.3, 0.4) is 0 Å². The van der Waals surface area contributed by atoms with Gasteiger partial charge in [0.15, 0.2) is 11.6 Å². The van der Waals surface area contributed by atoms with Crippen molar-refractivity contribution in [3.8, 4) is 11.1 Å². The third-order valence-electron chi connectivity index (χ3n) is 9.77. The Labute approximate surface area is 278 Å². The van der Waals surface area contributed by atoms with Crippen LogP contribution in [0.15, 0.2) is 158 Å². The topological polar surface area (TPSA) is 34.1 Å². The van der Waals surface area contributed by atoms with Crippen molar-refractivity contribution in [3.63, 3.8) is 0 Å². The minimum absolute atomic E-state index is 0.0430. The van der Waals surface area contributed by atoms with Gasteiger partial charge < -0.3 is 0 Å². The molecular weight excluding hydrogens is 572 g/mol. The molecule has 2 atom stereocenters.